The molecule has 730 valence electrons. The predicted octanol–water partition coefficient (Wildman–Crippen LogP) is 19.4. The lowest BCUT2D eigenvalue weighted by Gasteiger charge is -2.31. The SMILES string of the molecule is CCCOc1c(Cl)cc(-n2ccc3cc(OC4C[C@@H]5CN(S(C)(=O)=O)C[C@@H]5C4)ccc32)cc1C#N.CCCOc1c(Cl)cc(-n2ccc3cc(OCC4CCN(S(C)(=O)=O)C4)ccc32)cc1C#N.CCCOc1c(Cl)cc(-n2ccc3cc(OCCN4CCC(CS(C)(=O)=O)CC4)ccc32)cc1C#N.CCCOc1c(Cl)cc(C2=CCc3cc(OCc4ccnc(NS(C)(=O)=O)n4)ccc32)cc1C#N. The average Bonchev–Trinajstić information content (AvgIpc) is 1.66. The number of sulfonamides is 3. The van der Waals surface area contributed by atoms with Crippen LogP contribution in [0.3, 0.4) is 0 Å². The number of halogens is 4. The number of ether oxygens (including phenoxy) is 8. The van der Waals surface area contributed by atoms with Gasteiger partial charge in [0.2, 0.25) is 36.0 Å². The minimum absolute atomic E-state index is 0.00194. The van der Waals surface area contributed by atoms with Gasteiger partial charge < -0.3 is 51.6 Å². The number of hydrogen-bond donors (Lipinski definition) is 1. The van der Waals surface area contributed by atoms with Crippen LogP contribution in [0, 0.1) is 69.0 Å². The van der Waals surface area contributed by atoms with Crippen molar-refractivity contribution in [3.63, 3.8) is 0 Å². The van der Waals surface area contributed by atoms with E-state index < -0.39 is 39.9 Å². The van der Waals surface area contributed by atoms with Crippen LogP contribution in [-0.2, 0) is 52.9 Å². The van der Waals surface area contributed by atoms with E-state index >= 15 is 0 Å². The summed E-state index contributed by atoms with van der Waals surface area (Å²) in [6.07, 6.45) is 22.8. The molecule has 8 aromatic carbocycles. The summed E-state index contributed by atoms with van der Waals surface area (Å²) in [6.45, 7) is 16.0. The number of piperidine rings is 1. The molecule has 0 radical (unpaired) electrons. The van der Waals surface area contributed by atoms with Crippen molar-refractivity contribution < 1.29 is 71.6 Å². The van der Waals surface area contributed by atoms with E-state index in [-0.39, 0.29) is 36.2 Å². The topological polar surface area (TPSA) is 368 Å². The Morgan fingerprint density at radius 3 is 1.37 bits per heavy atom. The van der Waals surface area contributed by atoms with Crippen LogP contribution in [0.2, 0.25) is 20.1 Å². The highest BCUT2D eigenvalue weighted by atomic mass is 35.5. The van der Waals surface area contributed by atoms with Crippen LogP contribution in [0.5, 0.6) is 46.0 Å². The Morgan fingerprint density at radius 1 is 0.460 bits per heavy atom. The number of fused-ring (bicyclic) bond motifs is 5. The normalized spacial score (nSPS) is 16.6. The number of anilines is 1. The van der Waals surface area contributed by atoms with Gasteiger partial charge in [-0.1, -0.05) is 86.2 Å². The molecule has 5 aliphatic rings. The Kier molecular flexibility index (Phi) is 34.2. The van der Waals surface area contributed by atoms with Crippen molar-refractivity contribution in [3.8, 4) is 87.3 Å². The highest BCUT2D eigenvalue weighted by molar-refractivity contribution is 7.92. The van der Waals surface area contributed by atoms with Crippen LogP contribution in [0.4, 0.5) is 5.95 Å². The summed E-state index contributed by atoms with van der Waals surface area (Å²) >= 11 is 25.8. The molecule has 0 spiro atoms. The first kappa shape index (κ1) is 103. The summed E-state index contributed by atoms with van der Waals surface area (Å²) in [5.74, 6) is 6.14. The Morgan fingerprint density at radius 2 is 0.906 bits per heavy atom. The largest absolute Gasteiger partial charge is 0.493 e. The summed E-state index contributed by atoms with van der Waals surface area (Å²) in [7, 11) is -12.6. The van der Waals surface area contributed by atoms with E-state index in [0.717, 1.165) is 173 Å². The number of nitrogens with zero attached hydrogens (tertiary/aromatic N) is 12. The summed E-state index contributed by atoms with van der Waals surface area (Å²) in [5.41, 5.74) is 11.4. The third-order valence-electron chi connectivity index (χ3n) is 24.4. The minimum Gasteiger partial charge on any atom is -0.493 e. The van der Waals surface area contributed by atoms with Crippen molar-refractivity contribution in [1.29, 1.82) is 21.0 Å². The molecule has 17 rings (SSSR count). The summed E-state index contributed by atoms with van der Waals surface area (Å²) in [5, 5.41) is 43.1. The number of nitriles is 4. The maximum absolute atomic E-state index is 11.8. The molecular formula is C102H109Cl4N13O16S4. The van der Waals surface area contributed by atoms with Gasteiger partial charge in [0.15, 0.2) is 23.0 Å². The number of rotatable bonds is 34. The Bertz CT molecular complexity index is 7210. The van der Waals surface area contributed by atoms with Crippen LogP contribution in [0.15, 0.2) is 176 Å². The quantitative estimate of drug-likeness (QED) is 0.0391. The zero-order valence-corrected chi connectivity index (χ0v) is 84.6. The second-order valence-electron chi connectivity index (χ2n) is 35.1. The number of hydrogen-bond acceptors (Lipinski definition) is 23. The van der Waals surface area contributed by atoms with Gasteiger partial charge in [-0.05, 0) is 257 Å². The van der Waals surface area contributed by atoms with Gasteiger partial charge in [-0.2, -0.15) is 21.0 Å². The number of likely N-dealkylation sites (tertiary alicyclic amines) is 1. The lowest BCUT2D eigenvalue weighted by molar-refractivity contribution is 0.161. The van der Waals surface area contributed by atoms with Crippen molar-refractivity contribution in [2.24, 2.45) is 23.7 Å². The highest BCUT2D eigenvalue weighted by Gasteiger charge is 2.45. The van der Waals surface area contributed by atoms with Crippen LogP contribution in [-0.4, -0.2) is 193 Å². The third kappa shape index (κ3) is 26.5. The molecule has 7 heterocycles. The van der Waals surface area contributed by atoms with Crippen molar-refractivity contribution in [1.82, 2.24) is 37.2 Å². The Labute approximate surface area is 831 Å². The predicted molar refractivity (Wildman–Crippen MR) is 542 cm³/mol. The van der Waals surface area contributed by atoms with Crippen LogP contribution < -0.4 is 42.6 Å². The lowest BCUT2D eigenvalue weighted by Crippen LogP contribution is -2.38. The van der Waals surface area contributed by atoms with E-state index in [0.29, 0.717) is 161 Å². The van der Waals surface area contributed by atoms with Gasteiger partial charge in [-0.3, -0.25) is 9.62 Å². The molecule has 2 unspecified atom stereocenters. The summed E-state index contributed by atoms with van der Waals surface area (Å²) in [6, 6.07) is 54.4. The lowest BCUT2D eigenvalue weighted by atomic mass is 9.97. The fraction of sp³-hybridized carbons (Fsp3) is 0.373. The molecule has 29 nitrogen and oxygen atoms in total. The van der Waals surface area contributed by atoms with Gasteiger partial charge in [-0.15, -0.1) is 0 Å². The van der Waals surface area contributed by atoms with Gasteiger partial charge in [0.1, 0.15) is 70.3 Å². The molecule has 3 saturated heterocycles. The smallest absolute Gasteiger partial charge is 0.236 e. The summed E-state index contributed by atoms with van der Waals surface area (Å²) in [4.78, 5) is 10.4. The molecule has 2 aliphatic carbocycles. The fourth-order valence-electron chi connectivity index (χ4n) is 17.8. The molecule has 4 atom stereocenters. The number of sulfone groups is 1. The average molecular weight is 2040 g/mol. The Balaban J connectivity index is 0.000000148. The van der Waals surface area contributed by atoms with E-state index in [4.69, 9.17) is 84.3 Å². The molecule has 4 aromatic heterocycles. The number of nitrogens with one attached hydrogen (secondary N) is 1. The maximum atomic E-state index is 11.8. The number of aromatic nitrogens is 5. The molecule has 0 bridgehead atoms. The minimum atomic E-state index is -3.46. The molecule has 139 heavy (non-hydrogen) atoms. The van der Waals surface area contributed by atoms with E-state index in [9.17, 15) is 54.7 Å². The van der Waals surface area contributed by atoms with Crippen LogP contribution in [0.25, 0.3) is 55.3 Å². The molecule has 12 aromatic rings. The van der Waals surface area contributed by atoms with Gasteiger partial charge in [-0.25, -0.2) is 52.2 Å². The monoisotopic (exact) mass is 2040 g/mol. The first-order chi connectivity index (χ1) is 66.6. The second-order valence-corrected chi connectivity index (χ2v) is 44.6. The van der Waals surface area contributed by atoms with E-state index in [1.54, 1.807) is 40.7 Å². The molecule has 1 saturated carbocycles. The van der Waals surface area contributed by atoms with Crippen LogP contribution >= 0.6 is 46.4 Å². The molecule has 3 aliphatic heterocycles. The van der Waals surface area contributed by atoms with Gasteiger partial charge in [0.25, 0.3) is 0 Å². The molecule has 37 heteroatoms. The van der Waals surface area contributed by atoms with Crippen LogP contribution in [0.1, 0.15) is 130 Å². The standard InChI is InChI=1S/C27H32ClN3O4S.C26H28ClN3O4S.C25H23ClN4O4S.C24H26ClN3O4S/c1-3-13-35-27-22(18-29)15-23(17-25(27)28)31-11-8-21-16-24(4-5-26(21)31)34-14-12-30-9-6-20(7-10-30)19-36(2,32)33;1-3-8-33-26-18(14-28)9-21(13-24(26)27)30-7-6-17-10-22(4-5-25(17)30)34-23-11-19-15-29(35(2,31)32)16-20(19)12-23;1-3-10-33-24-18(14-27)11-17(13-23(24)26)22-6-4-16-12-20(5-7-21(16)22)34-15-19-8-9-28-25(29-19)30-35(2,31)32;1-3-10-31-24-19(14-26)11-20(13-22(24)25)28-9-7-18-12-21(4-5-23(18)28)32-16-17-6-8-27(15-17)33(2,29)30/h4-5,8,11,15-17,20H,3,6-7,9-10,12-14,19H2,1-2H3;4-7,9-10,13,19-20,23H,3,8,11-12,15-16H2,1-2H3;5-9,11-13H,3-4,10,15H2,1-2H3,(H,28,29,30);4-5,7,9,11-13,17H,3,6,8,10,15-16H2,1-2H3/t;19-,20+,23?;;. The maximum Gasteiger partial charge on any atom is 0.236 e. The van der Waals surface area contributed by atoms with Gasteiger partial charge in [0.05, 0.1) is 128 Å². The van der Waals surface area contributed by atoms with Crippen molar-refractivity contribution in [2.75, 3.05) is 121 Å². The van der Waals surface area contributed by atoms with Crippen molar-refractivity contribution in [2.45, 2.75) is 105 Å². The fourth-order valence-corrected chi connectivity index (χ4v) is 22.3. The summed E-state index contributed by atoms with van der Waals surface area (Å²) < 4.78 is 151. The highest BCUT2D eigenvalue weighted by Crippen LogP contribution is 2.45. The van der Waals surface area contributed by atoms with Crippen molar-refractivity contribution in [3.05, 3.63) is 241 Å². The molecular weight excluding hydrogens is 1930 g/mol. The second kappa shape index (κ2) is 46.1. The van der Waals surface area contributed by atoms with E-state index in [1.165, 1.54) is 29.3 Å². The third-order valence-corrected chi connectivity index (χ3v) is 29.6. The van der Waals surface area contributed by atoms with Crippen molar-refractivity contribution >= 4 is 131 Å². The van der Waals surface area contributed by atoms with Gasteiger partial charge >= 0.3 is 0 Å². The first-order valence-corrected chi connectivity index (χ1v) is 55.1. The molecule has 4 fully saturated rings. The zero-order chi connectivity index (χ0) is 99.0. The number of benzene rings is 8. The van der Waals surface area contributed by atoms with Gasteiger partial charge in [0, 0.05) is 103 Å². The van der Waals surface area contributed by atoms with E-state index in [1.807, 2.05) is 169 Å². The Hall–Kier alpha value is -11.8. The number of allylic oxidation sites excluding steroid dienone is 1. The first-order valence-electron chi connectivity index (χ1n) is 45.9. The van der Waals surface area contributed by atoms with E-state index in [2.05, 4.69) is 49.9 Å². The molecule has 1 N–H and O–H groups in total. The zero-order valence-electron chi connectivity index (χ0n) is 78.4. The molecule has 0 amide bonds.